The largest absolute Gasteiger partial charge is 0.454 e. The van der Waals surface area contributed by atoms with E-state index in [1.807, 2.05) is 18.2 Å². The average Bonchev–Trinajstić information content (AvgIpc) is 3.20. The lowest BCUT2D eigenvalue weighted by atomic mass is 9.87. The van der Waals surface area contributed by atoms with Crippen molar-refractivity contribution in [3.8, 4) is 11.5 Å². The molecule has 2 aromatic rings. The zero-order chi connectivity index (χ0) is 20.2. The molecule has 0 N–H and O–H groups in total. The quantitative estimate of drug-likeness (QED) is 0.390. The van der Waals surface area contributed by atoms with Crippen molar-refractivity contribution >= 4 is 11.7 Å². The molecular weight excluding hydrogens is 374 g/mol. The molecule has 7 heteroatoms. The first kappa shape index (κ1) is 19.2. The maximum atomic E-state index is 12.7. The first-order chi connectivity index (χ1) is 14.1. The molecule has 1 aliphatic heterocycles. The summed E-state index contributed by atoms with van der Waals surface area (Å²) < 4.78 is 16.5. The number of hydrogen-bond acceptors (Lipinski definition) is 6. The lowest BCUT2D eigenvalue weighted by Crippen LogP contribution is -2.18. The number of nitrogens with zero attached hydrogens (tertiary/aromatic N) is 1. The van der Waals surface area contributed by atoms with Gasteiger partial charge in [-0.2, -0.15) is 0 Å². The number of rotatable bonds is 6. The summed E-state index contributed by atoms with van der Waals surface area (Å²) in [5, 5.41) is 11.7. The van der Waals surface area contributed by atoms with Gasteiger partial charge in [0, 0.05) is 6.42 Å². The van der Waals surface area contributed by atoms with Crippen LogP contribution < -0.4 is 9.47 Å². The standard InChI is InChI=1S/C22H23NO6/c24-21(11-15-7-3-1-4-8-15)29-22(16-9-5-2-6-10-16)17-12-19-20(28-14-27-19)13-18(17)23(25)26/h2,5-6,9-10,12-13,15,22H,1,3-4,7-8,11,14H2. The van der Waals surface area contributed by atoms with Crippen LogP contribution in [0.4, 0.5) is 5.69 Å². The van der Waals surface area contributed by atoms with Gasteiger partial charge >= 0.3 is 5.97 Å². The van der Waals surface area contributed by atoms with Crippen LogP contribution in [0.3, 0.4) is 0 Å². The van der Waals surface area contributed by atoms with Crippen molar-refractivity contribution in [3.63, 3.8) is 0 Å². The first-order valence-electron chi connectivity index (χ1n) is 9.94. The second kappa shape index (κ2) is 8.51. The van der Waals surface area contributed by atoms with Crippen molar-refractivity contribution in [1.82, 2.24) is 0 Å². The van der Waals surface area contributed by atoms with Crippen LogP contribution in [0, 0.1) is 16.0 Å². The molecule has 0 spiro atoms. The number of hydrogen-bond donors (Lipinski definition) is 0. The van der Waals surface area contributed by atoms with Gasteiger partial charge in [-0.05, 0) is 30.4 Å². The van der Waals surface area contributed by atoms with Crippen LogP contribution in [0.5, 0.6) is 11.5 Å². The third kappa shape index (κ3) is 4.34. The number of ether oxygens (including phenoxy) is 3. The highest BCUT2D eigenvalue weighted by atomic mass is 16.7. The minimum Gasteiger partial charge on any atom is -0.454 e. The van der Waals surface area contributed by atoms with Crippen LogP contribution in [-0.2, 0) is 9.53 Å². The first-order valence-corrected chi connectivity index (χ1v) is 9.94. The van der Waals surface area contributed by atoms with Gasteiger partial charge in [-0.15, -0.1) is 0 Å². The molecule has 4 rings (SSSR count). The van der Waals surface area contributed by atoms with Crippen LogP contribution in [0.1, 0.15) is 55.8 Å². The molecule has 7 nitrogen and oxygen atoms in total. The molecule has 1 aliphatic carbocycles. The van der Waals surface area contributed by atoms with Gasteiger partial charge in [-0.25, -0.2) is 0 Å². The van der Waals surface area contributed by atoms with E-state index in [0.717, 1.165) is 25.7 Å². The minimum absolute atomic E-state index is 0.00735. The smallest absolute Gasteiger partial charge is 0.307 e. The molecule has 0 bridgehead atoms. The van der Waals surface area contributed by atoms with E-state index in [2.05, 4.69) is 0 Å². The summed E-state index contributed by atoms with van der Waals surface area (Å²) in [5.74, 6) is 0.716. The van der Waals surface area contributed by atoms with Gasteiger partial charge in [-0.1, -0.05) is 49.6 Å². The number of carbonyl (C=O) groups excluding carboxylic acids is 1. The topological polar surface area (TPSA) is 87.9 Å². The van der Waals surface area contributed by atoms with Gasteiger partial charge in [0.1, 0.15) is 0 Å². The predicted octanol–water partition coefficient (Wildman–Crippen LogP) is 4.93. The maximum Gasteiger partial charge on any atom is 0.307 e. The molecular formula is C22H23NO6. The minimum atomic E-state index is -0.887. The number of carbonyl (C=O) groups is 1. The fraction of sp³-hybridized carbons (Fsp3) is 0.409. The van der Waals surface area contributed by atoms with Crippen molar-refractivity contribution in [1.29, 1.82) is 0 Å². The van der Waals surface area contributed by atoms with Crippen LogP contribution >= 0.6 is 0 Å². The molecule has 0 saturated heterocycles. The monoisotopic (exact) mass is 397 g/mol. The van der Waals surface area contributed by atoms with E-state index in [0.29, 0.717) is 29.4 Å². The summed E-state index contributed by atoms with van der Waals surface area (Å²) in [6.45, 7) is 0.00735. The van der Waals surface area contributed by atoms with Crippen molar-refractivity contribution in [2.75, 3.05) is 6.79 Å². The SMILES string of the molecule is O=C(CC1CCCCC1)OC(c1ccccc1)c1cc2c(cc1[N+](=O)[O-])OCO2. The van der Waals surface area contributed by atoms with E-state index in [-0.39, 0.29) is 24.0 Å². The number of fused-ring (bicyclic) bond motifs is 1. The summed E-state index contributed by atoms with van der Waals surface area (Å²) in [7, 11) is 0. The zero-order valence-corrected chi connectivity index (χ0v) is 16.0. The highest BCUT2D eigenvalue weighted by molar-refractivity contribution is 5.71. The lowest BCUT2D eigenvalue weighted by molar-refractivity contribution is -0.386. The number of nitro groups is 1. The van der Waals surface area contributed by atoms with Crippen LogP contribution in [0.15, 0.2) is 42.5 Å². The molecule has 0 radical (unpaired) electrons. The lowest BCUT2D eigenvalue weighted by Gasteiger charge is -2.23. The molecule has 1 saturated carbocycles. The molecule has 29 heavy (non-hydrogen) atoms. The van der Waals surface area contributed by atoms with Crippen molar-refractivity contribution in [2.45, 2.75) is 44.6 Å². The Balaban J connectivity index is 1.66. The normalized spacial score (nSPS) is 17.0. The Kier molecular flexibility index (Phi) is 5.64. The third-order valence-electron chi connectivity index (χ3n) is 5.53. The second-order valence-electron chi connectivity index (χ2n) is 7.51. The van der Waals surface area contributed by atoms with Gasteiger partial charge in [0.2, 0.25) is 6.79 Å². The van der Waals surface area contributed by atoms with E-state index in [1.165, 1.54) is 12.5 Å². The number of benzene rings is 2. The molecule has 2 aliphatic rings. The Bertz CT molecular complexity index is 892. The van der Waals surface area contributed by atoms with Gasteiger partial charge in [0.25, 0.3) is 5.69 Å². The highest BCUT2D eigenvalue weighted by Gasteiger charge is 2.32. The van der Waals surface area contributed by atoms with Crippen molar-refractivity contribution in [3.05, 3.63) is 63.7 Å². The summed E-state index contributed by atoms with van der Waals surface area (Å²) >= 11 is 0. The highest BCUT2D eigenvalue weighted by Crippen LogP contribution is 2.43. The summed E-state index contributed by atoms with van der Waals surface area (Å²) in [6.07, 6.45) is 4.97. The van der Waals surface area contributed by atoms with E-state index in [1.54, 1.807) is 18.2 Å². The summed E-state index contributed by atoms with van der Waals surface area (Å²) in [6, 6.07) is 12.0. The van der Waals surface area contributed by atoms with Gasteiger partial charge in [0.15, 0.2) is 17.6 Å². The van der Waals surface area contributed by atoms with Crippen LogP contribution in [-0.4, -0.2) is 17.7 Å². The Hall–Kier alpha value is -3.09. The Labute approximate surface area is 168 Å². The van der Waals surface area contributed by atoms with Gasteiger partial charge < -0.3 is 14.2 Å². The fourth-order valence-corrected chi connectivity index (χ4v) is 4.06. The van der Waals surface area contributed by atoms with E-state index >= 15 is 0 Å². The Morgan fingerprint density at radius 2 is 1.79 bits per heavy atom. The third-order valence-corrected chi connectivity index (χ3v) is 5.53. The molecule has 0 amide bonds. The molecule has 0 aromatic heterocycles. The maximum absolute atomic E-state index is 12.7. The Morgan fingerprint density at radius 3 is 2.48 bits per heavy atom. The molecule has 1 heterocycles. The number of nitro benzene ring substituents is 1. The molecule has 1 fully saturated rings. The van der Waals surface area contributed by atoms with Crippen LogP contribution in [0.2, 0.25) is 0 Å². The van der Waals surface area contributed by atoms with Crippen molar-refractivity contribution in [2.24, 2.45) is 5.92 Å². The molecule has 152 valence electrons. The van der Waals surface area contributed by atoms with Crippen molar-refractivity contribution < 1.29 is 23.9 Å². The van der Waals surface area contributed by atoms with E-state index in [4.69, 9.17) is 14.2 Å². The van der Waals surface area contributed by atoms with E-state index < -0.39 is 11.0 Å². The molecule has 1 unspecified atom stereocenters. The fourth-order valence-electron chi connectivity index (χ4n) is 4.06. The van der Waals surface area contributed by atoms with Crippen LogP contribution in [0.25, 0.3) is 0 Å². The average molecular weight is 397 g/mol. The van der Waals surface area contributed by atoms with Gasteiger partial charge in [0.05, 0.1) is 16.6 Å². The molecule has 2 aromatic carbocycles. The summed E-state index contributed by atoms with van der Waals surface area (Å²) in [4.78, 5) is 24.0. The van der Waals surface area contributed by atoms with E-state index in [9.17, 15) is 14.9 Å². The molecule has 1 atom stereocenters. The second-order valence-corrected chi connectivity index (χ2v) is 7.51. The number of esters is 1. The zero-order valence-electron chi connectivity index (χ0n) is 16.0. The van der Waals surface area contributed by atoms with Gasteiger partial charge in [-0.3, -0.25) is 14.9 Å². The Morgan fingerprint density at radius 1 is 1.10 bits per heavy atom. The predicted molar refractivity (Wildman–Crippen MR) is 105 cm³/mol. The summed E-state index contributed by atoms with van der Waals surface area (Å²) in [5.41, 5.74) is 0.794.